The topological polar surface area (TPSA) is 44.8 Å². The zero-order valence-electron chi connectivity index (χ0n) is 12.7. The number of esters is 1. The molecule has 4 nitrogen and oxygen atoms in total. The lowest BCUT2D eigenvalue weighted by Gasteiger charge is -2.13. The molecule has 1 atom stereocenters. The van der Waals surface area contributed by atoms with Crippen molar-refractivity contribution < 1.29 is 23.4 Å². The van der Waals surface area contributed by atoms with Gasteiger partial charge in [0.1, 0.15) is 5.75 Å². The molecule has 2 aromatic rings. The van der Waals surface area contributed by atoms with Gasteiger partial charge in [-0.2, -0.15) is 0 Å². The number of carbonyl (C=O) groups is 1. The molecule has 0 saturated heterocycles. The van der Waals surface area contributed by atoms with Crippen LogP contribution in [0, 0.1) is 5.82 Å². The molecular formula is C17H16BrFO4. The van der Waals surface area contributed by atoms with Crippen molar-refractivity contribution in [3.63, 3.8) is 0 Å². The third-order valence-corrected chi connectivity index (χ3v) is 3.56. The Morgan fingerprint density at radius 3 is 2.74 bits per heavy atom. The van der Waals surface area contributed by atoms with Crippen molar-refractivity contribution in [1.29, 1.82) is 0 Å². The van der Waals surface area contributed by atoms with Gasteiger partial charge in [-0.25, -0.2) is 9.18 Å². The molecule has 0 N–H and O–H groups in total. The Labute approximate surface area is 142 Å². The molecule has 0 aliphatic carbocycles. The zero-order chi connectivity index (χ0) is 16.8. The van der Waals surface area contributed by atoms with Gasteiger partial charge in [0.15, 0.2) is 17.7 Å². The predicted octanol–water partition coefficient (Wildman–Crippen LogP) is 4.11. The molecule has 23 heavy (non-hydrogen) atoms. The van der Waals surface area contributed by atoms with E-state index in [2.05, 4.69) is 15.9 Å². The summed E-state index contributed by atoms with van der Waals surface area (Å²) in [6.07, 6.45) is -0.829. The highest BCUT2D eigenvalue weighted by Gasteiger charge is 2.18. The minimum absolute atomic E-state index is 0.130. The quantitative estimate of drug-likeness (QED) is 0.557. The van der Waals surface area contributed by atoms with Gasteiger partial charge in [-0.15, -0.1) is 0 Å². The fourth-order valence-electron chi connectivity index (χ4n) is 1.80. The third kappa shape index (κ3) is 5.04. The summed E-state index contributed by atoms with van der Waals surface area (Å²) in [5.41, 5.74) is 0.860. The Morgan fingerprint density at radius 1 is 1.26 bits per heavy atom. The number of benzene rings is 2. The van der Waals surface area contributed by atoms with E-state index in [0.29, 0.717) is 10.2 Å². The van der Waals surface area contributed by atoms with E-state index in [-0.39, 0.29) is 12.4 Å². The number of halogens is 2. The van der Waals surface area contributed by atoms with Crippen molar-refractivity contribution in [2.75, 3.05) is 7.11 Å². The molecule has 2 rings (SSSR count). The van der Waals surface area contributed by atoms with Crippen LogP contribution in [0.4, 0.5) is 4.39 Å². The number of carbonyl (C=O) groups excluding carboxylic acids is 1. The van der Waals surface area contributed by atoms with Crippen LogP contribution in [0.1, 0.15) is 12.5 Å². The first-order chi connectivity index (χ1) is 11.0. The van der Waals surface area contributed by atoms with Gasteiger partial charge in [0.05, 0.1) is 13.7 Å². The highest BCUT2D eigenvalue weighted by molar-refractivity contribution is 9.10. The van der Waals surface area contributed by atoms with Crippen LogP contribution in [0.25, 0.3) is 0 Å². The van der Waals surface area contributed by atoms with E-state index in [1.165, 1.54) is 12.1 Å². The van der Waals surface area contributed by atoms with E-state index < -0.39 is 17.9 Å². The van der Waals surface area contributed by atoms with E-state index in [1.54, 1.807) is 20.1 Å². The minimum Gasteiger partial charge on any atom is -0.497 e. The van der Waals surface area contributed by atoms with Gasteiger partial charge in [0.25, 0.3) is 0 Å². The minimum atomic E-state index is -0.829. The van der Waals surface area contributed by atoms with E-state index in [4.69, 9.17) is 14.2 Å². The molecule has 0 saturated carbocycles. The lowest BCUT2D eigenvalue weighted by atomic mass is 10.2. The summed E-state index contributed by atoms with van der Waals surface area (Å²) in [7, 11) is 1.58. The van der Waals surface area contributed by atoms with E-state index in [0.717, 1.165) is 5.56 Å². The standard InChI is InChI=1S/C17H16BrFO4/c1-11(22-10-12-4-3-5-14(8-12)21-2)17(20)23-16-7-6-13(18)9-15(16)19/h3-9,11H,10H2,1-2H3. The summed E-state index contributed by atoms with van der Waals surface area (Å²) in [6, 6.07) is 11.5. The van der Waals surface area contributed by atoms with Gasteiger partial charge >= 0.3 is 5.97 Å². The van der Waals surface area contributed by atoms with Crippen LogP contribution < -0.4 is 9.47 Å². The molecule has 0 radical (unpaired) electrons. The Balaban J connectivity index is 1.91. The number of hydrogen-bond acceptors (Lipinski definition) is 4. The second-order valence-corrected chi connectivity index (χ2v) is 5.72. The molecule has 6 heteroatoms. The molecule has 2 aromatic carbocycles. The average Bonchev–Trinajstić information content (AvgIpc) is 2.55. The molecule has 122 valence electrons. The maximum atomic E-state index is 13.6. The van der Waals surface area contributed by atoms with Crippen molar-refractivity contribution >= 4 is 21.9 Å². The Hall–Kier alpha value is -1.92. The fourth-order valence-corrected chi connectivity index (χ4v) is 2.13. The molecule has 0 aromatic heterocycles. The van der Waals surface area contributed by atoms with Gasteiger partial charge in [-0.05, 0) is 42.8 Å². The number of hydrogen-bond donors (Lipinski definition) is 0. The first-order valence-electron chi connectivity index (χ1n) is 6.91. The van der Waals surface area contributed by atoms with Crippen LogP contribution in [0.15, 0.2) is 46.9 Å². The van der Waals surface area contributed by atoms with E-state index in [9.17, 15) is 9.18 Å². The van der Waals surface area contributed by atoms with Gasteiger partial charge in [0, 0.05) is 4.47 Å². The van der Waals surface area contributed by atoms with Crippen molar-refractivity contribution in [3.8, 4) is 11.5 Å². The SMILES string of the molecule is COc1cccc(COC(C)C(=O)Oc2ccc(Br)cc2F)c1. The molecule has 0 spiro atoms. The van der Waals surface area contributed by atoms with Crippen LogP contribution in [-0.4, -0.2) is 19.2 Å². The molecule has 0 heterocycles. The molecule has 0 bridgehead atoms. The van der Waals surface area contributed by atoms with Gasteiger partial charge in [-0.3, -0.25) is 0 Å². The van der Waals surface area contributed by atoms with Crippen molar-refractivity contribution in [1.82, 2.24) is 0 Å². The Kier molecular flexibility index (Phi) is 6.12. The second-order valence-electron chi connectivity index (χ2n) is 4.80. The van der Waals surface area contributed by atoms with Crippen LogP contribution in [0.2, 0.25) is 0 Å². The monoisotopic (exact) mass is 382 g/mol. The van der Waals surface area contributed by atoms with Crippen molar-refractivity contribution in [2.24, 2.45) is 0 Å². The highest BCUT2D eigenvalue weighted by Crippen LogP contribution is 2.22. The number of ether oxygens (including phenoxy) is 3. The lowest BCUT2D eigenvalue weighted by molar-refractivity contribution is -0.147. The normalized spacial score (nSPS) is 11.8. The summed E-state index contributed by atoms with van der Waals surface area (Å²) >= 11 is 3.14. The van der Waals surface area contributed by atoms with Crippen LogP contribution in [0.5, 0.6) is 11.5 Å². The highest BCUT2D eigenvalue weighted by atomic mass is 79.9. The second kappa shape index (κ2) is 8.08. The van der Waals surface area contributed by atoms with Crippen molar-refractivity contribution in [2.45, 2.75) is 19.6 Å². The van der Waals surface area contributed by atoms with E-state index >= 15 is 0 Å². The Bertz CT molecular complexity index is 690. The van der Waals surface area contributed by atoms with Gasteiger partial charge in [0.2, 0.25) is 0 Å². The third-order valence-electron chi connectivity index (χ3n) is 3.07. The van der Waals surface area contributed by atoms with Crippen LogP contribution in [0.3, 0.4) is 0 Å². The molecule has 1 unspecified atom stereocenters. The number of methoxy groups -OCH3 is 1. The maximum absolute atomic E-state index is 13.6. The van der Waals surface area contributed by atoms with Crippen LogP contribution >= 0.6 is 15.9 Å². The first-order valence-corrected chi connectivity index (χ1v) is 7.70. The predicted molar refractivity (Wildman–Crippen MR) is 87.0 cm³/mol. The summed E-state index contributed by atoms with van der Waals surface area (Å²) < 4.78 is 29.8. The molecular weight excluding hydrogens is 367 g/mol. The molecule has 0 amide bonds. The summed E-state index contributed by atoms with van der Waals surface area (Å²) in [4.78, 5) is 11.9. The summed E-state index contributed by atoms with van der Waals surface area (Å²) in [6.45, 7) is 1.77. The van der Waals surface area contributed by atoms with Crippen molar-refractivity contribution in [3.05, 3.63) is 58.3 Å². The summed E-state index contributed by atoms with van der Waals surface area (Å²) in [5.74, 6) is -0.699. The van der Waals surface area contributed by atoms with E-state index in [1.807, 2.05) is 24.3 Å². The Morgan fingerprint density at radius 2 is 2.04 bits per heavy atom. The van der Waals surface area contributed by atoms with Crippen LogP contribution in [-0.2, 0) is 16.1 Å². The zero-order valence-corrected chi connectivity index (χ0v) is 14.3. The summed E-state index contributed by atoms with van der Waals surface area (Å²) in [5, 5.41) is 0. The molecule has 0 fully saturated rings. The number of rotatable bonds is 6. The fraction of sp³-hybridized carbons (Fsp3) is 0.235. The maximum Gasteiger partial charge on any atom is 0.340 e. The van der Waals surface area contributed by atoms with Gasteiger partial charge in [-0.1, -0.05) is 28.1 Å². The molecule has 0 aliphatic rings. The molecule has 0 aliphatic heterocycles. The first kappa shape index (κ1) is 17.4. The smallest absolute Gasteiger partial charge is 0.340 e. The largest absolute Gasteiger partial charge is 0.497 e. The van der Waals surface area contributed by atoms with Gasteiger partial charge < -0.3 is 14.2 Å². The average molecular weight is 383 g/mol. The lowest BCUT2D eigenvalue weighted by Crippen LogP contribution is -2.26.